The molecule has 0 saturated carbocycles. The molecule has 0 unspecified atom stereocenters. The minimum Gasteiger partial charge on any atom is -0.351 e. The van der Waals surface area contributed by atoms with Crippen LogP contribution in [0.3, 0.4) is 0 Å². The van der Waals surface area contributed by atoms with Crippen LogP contribution in [0.1, 0.15) is 21.7 Å². The molecule has 1 aromatic heterocycles. The van der Waals surface area contributed by atoms with Crippen LogP contribution in [0.25, 0.3) is 10.4 Å². The van der Waals surface area contributed by atoms with E-state index in [-0.39, 0.29) is 5.91 Å². The Labute approximate surface area is 102 Å². The number of carbonyl (C=O) groups excluding carboxylic acids is 1. The Hall–Kier alpha value is -1.23. The third kappa shape index (κ3) is 3.41. The number of halogens is 1. The second-order valence-corrected chi connectivity index (χ2v) is 4.38. The zero-order chi connectivity index (χ0) is 12.0. The maximum absolute atomic E-state index is 11.6. The van der Waals surface area contributed by atoms with Crippen molar-refractivity contribution in [3.63, 3.8) is 0 Å². The maximum atomic E-state index is 11.6. The first-order valence-electron chi connectivity index (χ1n) is 4.69. The first-order chi connectivity index (χ1) is 7.66. The highest BCUT2D eigenvalue weighted by molar-refractivity contribution is 7.13. The van der Waals surface area contributed by atoms with Crippen LogP contribution < -0.4 is 5.32 Å². The van der Waals surface area contributed by atoms with Crippen LogP contribution in [0.15, 0.2) is 10.5 Å². The van der Waals surface area contributed by atoms with Gasteiger partial charge < -0.3 is 5.32 Å². The molecule has 0 bridgehead atoms. The molecule has 86 valence electrons. The first-order valence-corrected chi connectivity index (χ1v) is 5.95. The van der Waals surface area contributed by atoms with Gasteiger partial charge in [0.2, 0.25) is 0 Å². The van der Waals surface area contributed by atoms with Gasteiger partial charge in [-0.1, -0.05) is 16.7 Å². The fourth-order valence-corrected chi connectivity index (χ4v) is 2.25. The van der Waals surface area contributed by atoms with Gasteiger partial charge in [-0.2, -0.15) is 0 Å². The molecule has 1 heterocycles. The highest BCUT2D eigenvalue weighted by Crippen LogP contribution is 2.26. The minimum absolute atomic E-state index is 0.177. The maximum Gasteiger partial charge on any atom is 0.262 e. The summed E-state index contributed by atoms with van der Waals surface area (Å²) in [6.07, 6.45) is 0.623. The number of hydrogen-bond acceptors (Lipinski definition) is 3. The summed E-state index contributed by atoms with van der Waals surface area (Å²) in [5.74, 6) is -0.177. The summed E-state index contributed by atoms with van der Waals surface area (Å²) >= 11 is 7.28. The molecule has 0 saturated heterocycles. The smallest absolute Gasteiger partial charge is 0.262 e. The molecule has 1 N–H and O–H groups in total. The molecule has 0 spiro atoms. The number of thiophene rings is 1. The number of carbonyl (C=O) groups is 1. The molecular weight excluding hydrogens is 248 g/mol. The van der Waals surface area contributed by atoms with Crippen molar-refractivity contribution in [3.8, 4) is 0 Å². The lowest BCUT2D eigenvalue weighted by Crippen LogP contribution is -2.24. The monoisotopic (exact) mass is 258 g/mol. The molecule has 1 amide bonds. The number of nitrogens with zero attached hydrogens (tertiary/aromatic N) is 3. The van der Waals surface area contributed by atoms with Gasteiger partial charge in [-0.25, -0.2) is 0 Å². The Bertz CT molecular complexity index is 425. The summed E-state index contributed by atoms with van der Waals surface area (Å²) in [7, 11) is 0. The molecule has 1 rings (SSSR count). The van der Waals surface area contributed by atoms with Crippen molar-refractivity contribution in [2.45, 2.75) is 13.3 Å². The summed E-state index contributed by atoms with van der Waals surface area (Å²) < 4.78 is 0. The van der Waals surface area contributed by atoms with Gasteiger partial charge in [0.1, 0.15) is 4.88 Å². The van der Waals surface area contributed by atoms with Crippen molar-refractivity contribution in [2.75, 3.05) is 13.1 Å². The van der Waals surface area contributed by atoms with Crippen molar-refractivity contribution in [1.29, 1.82) is 0 Å². The van der Waals surface area contributed by atoms with Crippen molar-refractivity contribution in [3.05, 3.63) is 31.3 Å². The number of aryl methyl sites for hydroxylation is 1. The zero-order valence-corrected chi connectivity index (χ0v) is 10.3. The van der Waals surface area contributed by atoms with Crippen molar-refractivity contribution in [1.82, 2.24) is 5.32 Å². The topological polar surface area (TPSA) is 77.9 Å². The Morgan fingerprint density at radius 1 is 1.75 bits per heavy atom. The van der Waals surface area contributed by atoms with Crippen LogP contribution in [-0.2, 0) is 0 Å². The minimum atomic E-state index is -0.177. The normalized spacial score (nSPS) is 9.62. The molecule has 0 radical (unpaired) electrons. The second-order valence-electron chi connectivity index (χ2n) is 3.13. The number of amides is 1. The molecule has 0 aromatic carbocycles. The Morgan fingerprint density at radius 2 is 2.50 bits per heavy atom. The molecule has 0 atom stereocenters. The zero-order valence-electron chi connectivity index (χ0n) is 8.73. The second kappa shape index (κ2) is 6.37. The summed E-state index contributed by atoms with van der Waals surface area (Å²) in [5, 5.41) is 8.44. The number of rotatable bonds is 5. The molecule has 0 fully saturated rings. The summed E-state index contributed by atoms with van der Waals surface area (Å²) in [6.45, 7) is 2.72. The van der Waals surface area contributed by atoms with E-state index in [1.54, 1.807) is 0 Å². The van der Waals surface area contributed by atoms with E-state index in [1.165, 1.54) is 11.3 Å². The van der Waals surface area contributed by atoms with E-state index in [1.807, 2.05) is 12.3 Å². The highest BCUT2D eigenvalue weighted by atomic mass is 35.5. The quantitative estimate of drug-likeness (QED) is 0.374. The SMILES string of the molecule is Cc1csc(C(=O)NCCCN=[N+]=[N-])c1Cl. The van der Waals surface area contributed by atoms with Gasteiger partial charge >= 0.3 is 0 Å². The number of azide groups is 1. The van der Waals surface area contributed by atoms with Gasteiger partial charge in [-0.3, -0.25) is 4.79 Å². The fraction of sp³-hybridized carbons (Fsp3) is 0.444. The van der Waals surface area contributed by atoms with E-state index in [0.29, 0.717) is 29.4 Å². The van der Waals surface area contributed by atoms with Gasteiger partial charge in [0.25, 0.3) is 5.91 Å². The Morgan fingerprint density at radius 3 is 3.06 bits per heavy atom. The number of nitrogens with one attached hydrogen (secondary N) is 1. The molecule has 0 aliphatic carbocycles. The van der Waals surface area contributed by atoms with Gasteiger partial charge in [0.15, 0.2) is 0 Å². The lowest BCUT2D eigenvalue weighted by atomic mass is 10.3. The van der Waals surface area contributed by atoms with Gasteiger partial charge in [0, 0.05) is 18.0 Å². The Balaban J connectivity index is 2.41. The van der Waals surface area contributed by atoms with E-state index < -0.39 is 0 Å². The van der Waals surface area contributed by atoms with Crippen LogP contribution in [-0.4, -0.2) is 19.0 Å². The van der Waals surface area contributed by atoms with E-state index in [2.05, 4.69) is 15.3 Å². The van der Waals surface area contributed by atoms with Crippen molar-refractivity contribution in [2.24, 2.45) is 5.11 Å². The average Bonchev–Trinajstić information content (AvgIpc) is 2.59. The molecule has 0 aliphatic rings. The molecular formula is C9H11ClN4OS. The fourth-order valence-electron chi connectivity index (χ4n) is 1.06. The largest absolute Gasteiger partial charge is 0.351 e. The van der Waals surface area contributed by atoms with E-state index in [4.69, 9.17) is 17.1 Å². The lowest BCUT2D eigenvalue weighted by Gasteiger charge is -2.02. The predicted molar refractivity (Wildman–Crippen MR) is 65.0 cm³/mol. The van der Waals surface area contributed by atoms with Crippen molar-refractivity contribution >= 4 is 28.8 Å². The molecule has 0 aliphatic heterocycles. The predicted octanol–water partition coefficient (Wildman–Crippen LogP) is 3.14. The van der Waals surface area contributed by atoms with Crippen molar-refractivity contribution < 1.29 is 4.79 Å². The number of hydrogen-bond donors (Lipinski definition) is 1. The van der Waals surface area contributed by atoms with Gasteiger partial charge in [-0.15, -0.1) is 11.3 Å². The molecule has 1 aromatic rings. The summed E-state index contributed by atoms with van der Waals surface area (Å²) in [5.41, 5.74) is 8.96. The highest BCUT2D eigenvalue weighted by Gasteiger charge is 2.13. The summed E-state index contributed by atoms with van der Waals surface area (Å²) in [4.78, 5) is 14.8. The molecule has 5 nitrogen and oxygen atoms in total. The van der Waals surface area contributed by atoms with Gasteiger partial charge in [0.05, 0.1) is 5.02 Å². The van der Waals surface area contributed by atoms with Crippen LogP contribution >= 0.6 is 22.9 Å². The average molecular weight is 259 g/mol. The lowest BCUT2D eigenvalue weighted by molar-refractivity contribution is 0.0957. The Kier molecular flexibility index (Phi) is 5.11. The molecule has 16 heavy (non-hydrogen) atoms. The van der Waals surface area contributed by atoms with Crippen LogP contribution in [0.4, 0.5) is 0 Å². The summed E-state index contributed by atoms with van der Waals surface area (Å²) in [6, 6.07) is 0. The van der Waals surface area contributed by atoms with E-state index in [0.717, 1.165) is 5.56 Å². The third-order valence-electron chi connectivity index (χ3n) is 1.89. The molecule has 7 heteroatoms. The standard InChI is InChI=1S/C9H11ClN4OS/c1-6-5-16-8(7(6)10)9(15)12-3-2-4-13-14-11/h5H,2-4H2,1H3,(H,12,15). The van der Waals surface area contributed by atoms with Crippen LogP contribution in [0.2, 0.25) is 5.02 Å². The van der Waals surface area contributed by atoms with E-state index >= 15 is 0 Å². The van der Waals surface area contributed by atoms with Gasteiger partial charge in [-0.05, 0) is 29.8 Å². The first kappa shape index (κ1) is 12.8. The van der Waals surface area contributed by atoms with Crippen LogP contribution in [0.5, 0.6) is 0 Å². The van der Waals surface area contributed by atoms with E-state index in [9.17, 15) is 4.79 Å². The van der Waals surface area contributed by atoms with Crippen LogP contribution in [0, 0.1) is 6.92 Å². The third-order valence-corrected chi connectivity index (χ3v) is 3.58.